The summed E-state index contributed by atoms with van der Waals surface area (Å²) in [5.41, 5.74) is 2.97. The molecule has 33 heavy (non-hydrogen) atoms. The SMILES string of the molecule is CCCC(=O)Nc1ccc(NC(=S)NC(=O)c2ccccc2OCCc2ccccc2)cc1. The predicted molar refractivity (Wildman–Crippen MR) is 136 cm³/mol. The molecule has 6 nitrogen and oxygen atoms in total. The van der Waals surface area contributed by atoms with E-state index in [4.69, 9.17) is 17.0 Å². The van der Waals surface area contributed by atoms with Gasteiger partial charge in [0, 0.05) is 24.2 Å². The minimum atomic E-state index is -0.355. The van der Waals surface area contributed by atoms with Crippen molar-refractivity contribution >= 4 is 40.5 Å². The van der Waals surface area contributed by atoms with Crippen LogP contribution in [-0.4, -0.2) is 23.5 Å². The molecule has 0 saturated heterocycles. The van der Waals surface area contributed by atoms with Gasteiger partial charge in [-0.25, -0.2) is 0 Å². The van der Waals surface area contributed by atoms with Crippen LogP contribution < -0.4 is 20.7 Å². The van der Waals surface area contributed by atoms with Gasteiger partial charge in [-0.2, -0.15) is 0 Å². The lowest BCUT2D eigenvalue weighted by Gasteiger charge is -2.13. The molecule has 170 valence electrons. The molecule has 0 atom stereocenters. The molecule has 7 heteroatoms. The molecule has 0 aliphatic rings. The number of thiocarbonyl (C=S) groups is 1. The van der Waals surface area contributed by atoms with Gasteiger partial charge in [0.15, 0.2) is 5.11 Å². The average molecular weight is 462 g/mol. The number of hydrogen-bond acceptors (Lipinski definition) is 4. The number of nitrogens with one attached hydrogen (secondary N) is 3. The van der Waals surface area contributed by atoms with E-state index in [1.54, 1.807) is 42.5 Å². The Morgan fingerprint density at radius 1 is 0.848 bits per heavy atom. The molecule has 0 aliphatic carbocycles. The molecule has 3 aromatic rings. The van der Waals surface area contributed by atoms with Crippen molar-refractivity contribution in [2.24, 2.45) is 0 Å². The summed E-state index contributed by atoms with van der Waals surface area (Å²) < 4.78 is 5.87. The molecule has 3 N–H and O–H groups in total. The molecular formula is C26H27N3O3S. The standard InChI is InChI=1S/C26H27N3O3S/c1-2-8-24(30)27-20-13-15-21(16-14-20)28-26(33)29-25(31)22-11-6-7-12-23(22)32-18-17-19-9-4-3-5-10-19/h3-7,9-16H,2,8,17-18H2,1H3,(H,27,30)(H2,28,29,31,33). The molecule has 3 rings (SSSR count). The van der Waals surface area contributed by atoms with E-state index in [0.717, 1.165) is 12.8 Å². The third-order valence-electron chi connectivity index (χ3n) is 4.75. The molecule has 3 aromatic carbocycles. The molecule has 0 unspecified atom stereocenters. The first-order chi connectivity index (χ1) is 16.0. The van der Waals surface area contributed by atoms with Gasteiger partial charge in [0.2, 0.25) is 5.91 Å². The van der Waals surface area contributed by atoms with E-state index in [1.807, 2.05) is 43.3 Å². The molecular weight excluding hydrogens is 434 g/mol. The molecule has 0 spiro atoms. The fourth-order valence-corrected chi connectivity index (χ4v) is 3.33. The van der Waals surface area contributed by atoms with Crippen molar-refractivity contribution in [3.63, 3.8) is 0 Å². The zero-order chi connectivity index (χ0) is 23.5. The summed E-state index contributed by atoms with van der Waals surface area (Å²) in [6.07, 6.45) is 2.01. The quantitative estimate of drug-likeness (QED) is 0.383. The fraction of sp³-hybridized carbons (Fsp3) is 0.192. The minimum Gasteiger partial charge on any atom is -0.492 e. The van der Waals surface area contributed by atoms with E-state index in [0.29, 0.717) is 35.7 Å². The first-order valence-corrected chi connectivity index (χ1v) is 11.2. The summed E-state index contributed by atoms with van der Waals surface area (Å²) in [4.78, 5) is 24.5. The van der Waals surface area contributed by atoms with E-state index in [2.05, 4.69) is 16.0 Å². The highest BCUT2D eigenvalue weighted by atomic mass is 32.1. The van der Waals surface area contributed by atoms with Gasteiger partial charge in [0.1, 0.15) is 5.75 Å². The van der Waals surface area contributed by atoms with Crippen LogP contribution >= 0.6 is 12.2 Å². The van der Waals surface area contributed by atoms with Crippen LogP contribution in [-0.2, 0) is 11.2 Å². The number of para-hydroxylation sites is 1. The maximum absolute atomic E-state index is 12.8. The molecule has 0 fully saturated rings. The Morgan fingerprint density at radius 3 is 2.18 bits per heavy atom. The lowest BCUT2D eigenvalue weighted by Crippen LogP contribution is -2.34. The Kier molecular flexibility index (Phi) is 8.97. The van der Waals surface area contributed by atoms with E-state index >= 15 is 0 Å². The largest absolute Gasteiger partial charge is 0.492 e. The zero-order valence-corrected chi connectivity index (χ0v) is 19.3. The van der Waals surface area contributed by atoms with Crippen molar-refractivity contribution in [2.75, 3.05) is 17.2 Å². The van der Waals surface area contributed by atoms with Crippen LogP contribution in [0.1, 0.15) is 35.7 Å². The monoisotopic (exact) mass is 461 g/mol. The number of benzene rings is 3. The third kappa shape index (κ3) is 7.73. The molecule has 0 bridgehead atoms. The highest BCUT2D eigenvalue weighted by Gasteiger charge is 2.14. The lowest BCUT2D eigenvalue weighted by atomic mass is 10.1. The van der Waals surface area contributed by atoms with Gasteiger partial charge in [-0.1, -0.05) is 49.4 Å². The Morgan fingerprint density at radius 2 is 1.48 bits per heavy atom. The van der Waals surface area contributed by atoms with Crippen LogP contribution in [0.5, 0.6) is 5.75 Å². The number of amides is 2. The Labute approximate surface area is 199 Å². The van der Waals surface area contributed by atoms with Crippen molar-refractivity contribution in [3.8, 4) is 5.75 Å². The zero-order valence-electron chi connectivity index (χ0n) is 18.5. The minimum absolute atomic E-state index is 0.0225. The predicted octanol–water partition coefficient (Wildman–Crippen LogP) is 5.17. The average Bonchev–Trinajstić information content (AvgIpc) is 2.81. The Hall–Kier alpha value is -3.71. The van der Waals surface area contributed by atoms with Gasteiger partial charge in [0.05, 0.1) is 12.2 Å². The number of carbonyl (C=O) groups excluding carboxylic acids is 2. The summed E-state index contributed by atoms with van der Waals surface area (Å²) >= 11 is 5.29. The van der Waals surface area contributed by atoms with Crippen molar-refractivity contribution < 1.29 is 14.3 Å². The molecule has 0 aromatic heterocycles. The lowest BCUT2D eigenvalue weighted by molar-refractivity contribution is -0.116. The molecule has 0 saturated carbocycles. The summed E-state index contributed by atoms with van der Waals surface area (Å²) in [5, 5.41) is 8.66. The Balaban J connectivity index is 1.53. The third-order valence-corrected chi connectivity index (χ3v) is 4.96. The normalized spacial score (nSPS) is 10.2. The number of hydrogen-bond donors (Lipinski definition) is 3. The maximum atomic E-state index is 12.8. The van der Waals surface area contributed by atoms with E-state index in [-0.39, 0.29) is 16.9 Å². The van der Waals surface area contributed by atoms with Crippen LogP contribution in [0, 0.1) is 0 Å². The van der Waals surface area contributed by atoms with Crippen LogP contribution in [0.25, 0.3) is 0 Å². The number of rotatable bonds is 9. The number of ether oxygens (including phenoxy) is 1. The number of anilines is 2. The second-order valence-corrected chi connectivity index (χ2v) is 7.77. The Bertz CT molecular complexity index is 1090. The highest BCUT2D eigenvalue weighted by molar-refractivity contribution is 7.80. The topological polar surface area (TPSA) is 79.5 Å². The van der Waals surface area contributed by atoms with Crippen LogP contribution in [0.3, 0.4) is 0 Å². The summed E-state index contributed by atoms with van der Waals surface area (Å²) in [5.74, 6) is 0.123. The summed E-state index contributed by atoms with van der Waals surface area (Å²) in [6, 6.07) is 24.2. The van der Waals surface area contributed by atoms with Crippen molar-refractivity contribution in [3.05, 3.63) is 90.0 Å². The molecule has 0 heterocycles. The molecule has 2 amide bonds. The second kappa shape index (κ2) is 12.4. The van der Waals surface area contributed by atoms with Crippen molar-refractivity contribution in [1.29, 1.82) is 0 Å². The maximum Gasteiger partial charge on any atom is 0.261 e. The number of carbonyl (C=O) groups is 2. The smallest absolute Gasteiger partial charge is 0.261 e. The van der Waals surface area contributed by atoms with Gasteiger partial charge < -0.3 is 15.4 Å². The first kappa shape index (κ1) is 23.9. The van der Waals surface area contributed by atoms with Gasteiger partial charge in [-0.15, -0.1) is 0 Å². The second-order valence-electron chi connectivity index (χ2n) is 7.36. The summed E-state index contributed by atoms with van der Waals surface area (Å²) in [7, 11) is 0. The fourth-order valence-electron chi connectivity index (χ4n) is 3.12. The first-order valence-electron chi connectivity index (χ1n) is 10.8. The van der Waals surface area contributed by atoms with Gasteiger partial charge in [-0.3, -0.25) is 14.9 Å². The summed E-state index contributed by atoms with van der Waals surface area (Å²) in [6.45, 7) is 2.41. The van der Waals surface area contributed by atoms with Gasteiger partial charge in [-0.05, 0) is 60.6 Å². The molecule has 0 aliphatic heterocycles. The molecule has 0 radical (unpaired) electrons. The van der Waals surface area contributed by atoms with E-state index in [9.17, 15) is 9.59 Å². The van der Waals surface area contributed by atoms with Crippen molar-refractivity contribution in [2.45, 2.75) is 26.2 Å². The van der Waals surface area contributed by atoms with Gasteiger partial charge >= 0.3 is 0 Å². The highest BCUT2D eigenvalue weighted by Crippen LogP contribution is 2.19. The van der Waals surface area contributed by atoms with Crippen LogP contribution in [0.4, 0.5) is 11.4 Å². The van der Waals surface area contributed by atoms with Crippen molar-refractivity contribution in [1.82, 2.24) is 5.32 Å². The van der Waals surface area contributed by atoms with Gasteiger partial charge in [0.25, 0.3) is 5.91 Å². The van der Waals surface area contributed by atoms with E-state index in [1.165, 1.54) is 5.56 Å². The van der Waals surface area contributed by atoms with Crippen LogP contribution in [0.15, 0.2) is 78.9 Å². The van der Waals surface area contributed by atoms with E-state index < -0.39 is 0 Å². The van der Waals surface area contributed by atoms with Crippen LogP contribution in [0.2, 0.25) is 0 Å².